The monoisotopic (exact) mass is 695 g/mol. The highest BCUT2D eigenvalue weighted by atomic mass is 35.5. The molecule has 13 heteroatoms. The fourth-order valence-corrected chi connectivity index (χ4v) is 11.2. The molecule has 2 aliphatic carbocycles. The van der Waals surface area contributed by atoms with Crippen LogP contribution in [0.4, 0.5) is 15.8 Å². The Labute approximate surface area is 280 Å². The highest BCUT2D eigenvalue weighted by Crippen LogP contribution is 2.69. The fourth-order valence-electron chi connectivity index (χ4n) is 7.99. The molecule has 8 nitrogen and oxygen atoms in total. The molecule has 2 N–H and O–H groups in total. The summed E-state index contributed by atoms with van der Waals surface area (Å²) in [5.41, 5.74) is 1.67. The van der Waals surface area contributed by atoms with Crippen molar-refractivity contribution >= 4 is 75.4 Å². The van der Waals surface area contributed by atoms with Crippen molar-refractivity contribution in [3.63, 3.8) is 0 Å². The van der Waals surface area contributed by atoms with Gasteiger partial charge in [-0.15, -0.1) is 11.8 Å². The smallest absolute Gasteiger partial charge is 0.305 e. The van der Waals surface area contributed by atoms with Crippen LogP contribution in [-0.2, 0) is 14.4 Å². The number of halogens is 3. The number of hydrogen-bond acceptors (Lipinski definition) is 7. The quantitative estimate of drug-likeness (QED) is 0.221. The van der Waals surface area contributed by atoms with E-state index >= 15 is 0 Å². The minimum atomic E-state index is -0.505. The van der Waals surface area contributed by atoms with Gasteiger partial charge in [0.1, 0.15) is 11.6 Å². The third kappa shape index (κ3) is 4.70. The molecule has 3 fully saturated rings. The van der Waals surface area contributed by atoms with Gasteiger partial charge in [0, 0.05) is 27.3 Å². The van der Waals surface area contributed by atoms with E-state index in [-0.39, 0.29) is 52.2 Å². The molecular weight excluding hydrogens is 672 g/mol. The molecule has 1 saturated heterocycles. The number of aromatic amines is 1. The van der Waals surface area contributed by atoms with Crippen LogP contribution in [0.15, 0.2) is 76.6 Å². The molecular formula is C33H24Cl2FN3O5S2. The van der Waals surface area contributed by atoms with Gasteiger partial charge >= 0.3 is 4.87 Å². The van der Waals surface area contributed by atoms with Gasteiger partial charge in [0.2, 0.25) is 11.8 Å². The lowest BCUT2D eigenvalue weighted by Gasteiger charge is -2.43. The number of aromatic nitrogens is 1. The normalized spacial score (nSPS) is 27.4. The molecule has 6 unspecified atom stereocenters. The lowest BCUT2D eigenvalue weighted by Crippen LogP contribution is -2.42. The number of H-pyrrole nitrogens is 1. The molecule has 2 saturated carbocycles. The van der Waals surface area contributed by atoms with Gasteiger partial charge in [-0.2, -0.15) is 0 Å². The summed E-state index contributed by atoms with van der Waals surface area (Å²) in [7, 11) is 0. The summed E-state index contributed by atoms with van der Waals surface area (Å²) in [4.78, 5) is 58.2. The summed E-state index contributed by atoms with van der Waals surface area (Å²) >= 11 is 14.8. The average Bonchev–Trinajstić information content (AvgIpc) is 3.77. The number of rotatable bonds is 6. The van der Waals surface area contributed by atoms with Crippen molar-refractivity contribution in [1.29, 1.82) is 0 Å². The summed E-state index contributed by atoms with van der Waals surface area (Å²) in [6, 6.07) is 17.7. The number of carbonyl (C=O) groups is 3. The first-order valence-electron chi connectivity index (χ1n) is 14.7. The van der Waals surface area contributed by atoms with E-state index in [0.29, 0.717) is 27.2 Å². The Morgan fingerprint density at radius 2 is 1.72 bits per heavy atom. The van der Waals surface area contributed by atoms with Crippen molar-refractivity contribution in [1.82, 2.24) is 4.98 Å². The standard InChI is InChI=1S/C33H24Cl2FN3O5S2/c34-20-10-7-15(11-21(20)35)37-23(40)13-44-22-4-2-1-3-17(22)24-25-18-12-19(28(25)45-30-29(24)46-33(43)38-30)27-26(18)31(41)39(32(27)42)16-8-5-14(36)6-9-16/h1-11,18-19,24-28H,12-13H2,(H,37,40)(H,38,43)/t18?,19?,24-,25?,26?,27?,28?/m1/s1. The second kappa shape index (κ2) is 11.3. The number of ether oxygens (including phenoxy) is 1. The first-order valence-corrected chi connectivity index (χ1v) is 17.1. The molecule has 0 spiro atoms. The maximum atomic E-state index is 13.9. The van der Waals surface area contributed by atoms with Crippen LogP contribution in [0.25, 0.3) is 0 Å². The number of thiazole rings is 1. The molecule has 3 heterocycles. The molecule has 2 aliphatic heterocycles. The van der Waals surface area contributed by atoms with Gasteiger partial charge < -0.3 is 15.0 Å². The number of carbonyl (C=O) groups excluding carboxylic acids is 3. The number of benzene rings is 3. The number of anilines is 2. The lowest BCUT2D eigenvalue weighted by atomic mass is 9.68. The van der Waals surface area contributed by atoms with Gasteiger partial charge in [0.15, 0.2) is 6.61 Å². The van der Waals surface area contributed by atoms with E-state index in [1.165, 1.54) is 29.2 Å². The number of nitrogens with zero attached hydrogens (tertiary/aromatic N) is 1. The molecule has 1 aromatic heterocycles. The number of nitrogens with one attached hydrogen (secondary N) is 2. The predicted molar refractivity (Wildman–Crippen MR) is 174 cm³/mol. The van der Waals surface area contributed by atoms with Gasteiger partial charge in [0.05, 0.1) is 32.6 Å². The van der Waals surface area contributed by atoms with Gasteiger partial charge in [-0.1, -0.05) is 52.7 Å². The molecule has 0 radical (unpaired) electrons. The first-order chi connectivity index (χ1) is 22.2. The zero-order valence-electron chi connectivity index (χ0n) is 23.7. The van der Waals surface area contributed by atoms with Crippen molar-refractivity contribution in [2.75, 3.05) is 16.8 Å². The maximum Gasteiger partial charge on any atom is 0.305 e. The molecule has 3 aromatic carbocycles. The minimum Gasteiger partial charge on any atom is -0.483 e. The summed E-state index contributed by atoms with van der Waals surface area (Å²) in [5, 5.41) is 4.19. The fraction of sp³-hybridized carbons (Fsp3) is 0.273. The van der Waals surface area contributed by atoms with Crippen molar-refractivity contribution in [2.45, 2.75) is 22.6 Å². The predicted octanol–water partition coefficient (Wildman–Crippen LogP) is 6.58. The molecule has 8 rings (SSSR count). The van der Waals surface area contributed by atoms with Gasteiger partial charge in [-0.05, 0) is 72.7 Å². The van der Waals surface area contributed by atoms with Crippen molar-refractivity contribution in [3.8, 4) is 5.75 Å². The minimum absolute atomic E-state index is 0.0232. The van der Waals surface area contributed by atoms with E-state index in [2.05, 4.69) is 10.3 Å². The second-order valence-corrected chi connectivity index (χ2v) is 15.0. The van der Waals surface area contributed by atoms with Crippen LogP contribution < -0.4 is 19.8 Å². The van der Waals surface area contributed by atoms with Crippen molar-refractivity contribution < 1.29 is 23.5 Å². The third-order valence-electron chi connectivity index (χ3n) is 9.62. The van der Waals surface area contributed by atoms with Gasteiger partial charge in [-0.3, -0.25) is 24.1 Å². The molecule has 4 aromatic rings. The van der Waals surface area contributed by atoms with E-state index in [1.54, 1.807) is 36.0 Å². The maximum absolute atomic E-state index is 13.9. The Morgan fingerprint density at radius 3 is 2.48 bits per heavy atom. The summed E-state index contributed by atoms with van der Waals surface area (Å²) in [6.45, 7) is -0.278. The Hall–Kier alpha value is -3.64. The number of imide groups is 1. The zero-order valence-corrected chi connectivity index (χ0v) is 26.9. The van der Waals surface area contributed by atoms with Crippen molar-refractivity contribution in [2.24, 2.45) is 29.6 Å². The van der Waals surface area contributed by atoms with Gasteiger partial charge in [-0.25, -0.2) is 4.39 Å². The third-order valence-corrected chi connectivity index (χ3v) is 13.0. The van der Waals surface area contributed by atoms with Crippen LogP contribution in [0.3, 0.4) is 0 Å². The number of thioether (sulfide) groups is 1. The topological polar surface area (TPSA) is 109 Å². The molecule has 46 heavy (non-hydrogen) atoms. The van der Waals surface area contributed by atoms with E-state index in [4.69, 9.17) is 27.9 Å². The number of amides is 3. The highest BCUT2D eigenvalue weighted by Gasteiger charge is 2.69. The summed E-state index contributed by atoms with van der Waals surface area (Å²) in [5.74, 6) is -2.36. The van der Waals surface area contributed by atoms with Crippen LogP contribution in [-0.4, -0.2) is 34.6 Å². The molecule has 4 aliphatic rings. The Balaban J connectivity index is 1.11. The van der Waals surface area contributed by atoms with Crippen LogP contribution in [0, 0.1) is 35.4 Å². The van der Waals surface area contributed by atoms with E-state index < -0.39 is 23.6 Å². The van der Waals surface area contributed by atoms with Crippen LogP contribution in [0.5, 0.6) is 5.75 Å². The lowest BCUT2D eigenvalue weighted by molar-refractivity contribution is -0.123. The average molecular weight is 697 g/mol. The first kappa shape index (κ1) is 29.7. The largest absolute Gasteiger partial charge is 0.483 e. The van der Waals surface area contributed by atoms with Crippen LogP contribution in [0.1, 0.15) is 22.8 Å². The Kier molecular flexibility index (Phi) is 7.28. The molecule has 234 valence electrons. The SMILES string of the molecule is O=C(COc1ccccc1[C@H]1c2sc(=O)[nH]c2SC2C3CC(C4C(=O)N(c5ccc(F)cc5)C(=O)C34)C21)Nc1ccc(Cl)c(Cl)c1. The molecule has 2 bridgehead atoms. The van der Waals surface area contributed by atoms with E-state index in [9.17, 15) is 23.6 Å². The Bertz CT molecular complexity index is 1980. The van der Waals surface area contributed by atoms with E-state index in [1.807, 2.05) is 18.2 Å². The number of fused-ring (bicyclic) bond motifs is 9. The second-order valence-electron chi connectivity index (χ2n) is 12.0. The van der Waals surface area contributed by atoms with Crippen LogP contribution in [0.2, 0.25) is 10.0 Å². The van der Waals surface area contributed by atoms with Gasteiger partial charge in [0.25, 0.3) is 5.91 Å². The van der Waals surface area contributed by atoms with E-state index in [0.717, 1.165) is 33.2 Å². The van der Waals surface area contributed by atoms with Crippen LogP contribution >= 0.6 is 46.3 Å². The summed E-state index contributed by atoms with van der Waals surface area (Å²) < 4.78 is 19.8. The Morgan fingerprint density at radius 1 is 0.978 bits per heavy atom. The molecule has 7 atom stereocenters. The van der Waals surface area contributed by atoms with Crippen molar-refractivity contribution in [3.05, 3.63) is 103 Å². The summed E-state index contributed by atoms with van der Waals surface area (Å²) in [6.07, 6.45) is 0.719. The number of hydrogen-bond donors (Lipinski definition) is 2. The zero-order chi connectivity index (χ0) is 31.9. The molecule has 3 amide bonds. The number of para-hydroxylation sites is 1. The highest BCUT2D eigenvalue weighted by molar-refractivity contribution is 8.00.